The molecule has 2 heteroatoms. The summed E-state index contributed by atoms with van der Waals surface area (Å²) in [5.74, 6) is 0.706. The highest BCUT2D eigenvalue weighted by Crippen LogP contribution is 2.26. The van der Waals surface area contributed by atoms with Crippen LogP contribution in [0.1, 0.15) is 49.8 Å². The third-order valence-electron chi connectivity index (χ3n) is 3.93. The minimum absolute atomic E-state index is 0.131. The lowest BCUT2D eigenvalue weighted by molar-refractivity contribution is -0.0400. The van der Waals surface area contributed by atoms with Crippen LogP contribution < -0.4 is 0 Å². The zero-order valence-electron chi connectivity index (χ0n) is 11.4. The highest BCUT2D eigenvalue weighted by Gasteiger charge is 2.20. The van der Waals surface area contributed by atoms with E-state index in [1.165, 1.54) is 31.2 Å². The number of aliphatic hydroxyl groups excluding tert-OH is 1. The highest BCUT2D eigenvalue weighted by atomic mass is 16.5. The second-order valence-corrected chi connectivity index (χ2v) is 5.54. The van der Waals surface area contributed by atoms with Crippen LogP contribution in [0.25, 0.3) is 0 Å². The van der Waals surface area contributed by atoms with Crippen molar-refractivity contribution in [1.82, 2.24) is 0 Å². The number of rotatable bonds is 5. The fraction of sp³-hybridized carbons (Fsp3) is 0.625. The third kappa shape index (κ3) is 3.56. The molecule has 100 valence electrons. The smallest absolute Gasteiger partial charge is 0.105 e. The molecule has 0 bridgehead atoms. The van der Waals surface area contributed by atoms with E-state index in [9.17, 15) is 5.11 Å². The maximum absolute atomic E-state index is 10.2. The Kier molecular flexibility index (Phi) is 4.79. The van der Waals surface area contributed by atoms with Crippen molar-refractivity contribution in [3.05, 3.63) is 35.4 Å². The van der Waals surface area contributed by atoms with Gasteiger partial charge in [0.1, 0.15) is 6.10 Å². The molecule has 0 radical (unpaired) electrons. The van der Waals surface area contributed by atoms with Gasteiger partial charge in [0.15, 0.2) is 0 Å². The molecule has 1 aliphatic rings. The van der Waals surface area contributed by atoms with Gasteiger partial charge in [-0.2, -0.15) is 0 Å². The van der Waals surface area contributed by atoms with Gasteiger partial charge in [-0.15, -0.1) is 0 Å². The summed E-state index contributed by atoms with van der Waals surface area (Å²) in [4.78, 5) is 0. The van der Waals surface area contributed by atoms with Gasteiger partial charge >= 0.3 is 0 Å². The Labute approximate surface area is 110 Å². The van der Waals surface area contributed by atoms with Crippen molar-refractivity contribution >= 4 is 0 Å². The molecule has 1 aliphatic carbocycles. The summed E-state index contributed by atoms with van der Waals surface area (Å²) in [6.45, 7) is 4.81. The molecule has 0 spiro atoms. The van der Waals surface area contributed by atoms with E-state index in [0.29, 0.717) is 5.92 Å². The van der Waals surface area contributed by atoms with Gasteiger partial charge in [0.2, 0.25) is 0 Å². The van der Waals surface area contributed by atoms with Gasteiger partial charge in [-0.1, -0.05) is 42.7 Å². The number of aryl methyl sites for hydroxylation is 1. The van der Waals surface area contributed by atoms with E-state index >= 15 is 0 Å². The quantitative estimate of drug-likeness (QED) is 0.862. The minimum Gasteiger partial charge on any atom is -0.386 e. The highest BCUT2D eigenvalue weighted by molar-refractivity contribution is 5.23. The molecule has 0 heterocycles. The summed E-state index contributed by atoms with van der Waals surface area (Å²) in [6.07, 6.45) is 4.59. The predicted molar refractivity (Wildman–Crippen MR) is 73.5 cm³/mol. The van der Waals surface area contributed by atoms with Gasteiger partial charge in [0.25, 0.3) is 0 Å². The molecule has 0 aromatic heterocycles. The Morgan fingerprint density at radius 3 is 2.44 bits per heavy atom. The van der Waals surface area contributed by atoms with E-state index in [-0.39, 0.29) is 6.10 Å². The molecular formula is C16H24O2. The zero-order valence-corrected chi connectivity index (χ0v) is 11.4. The standard InChI is InChI=1S/C16H24O2/c1-12-7-9-15(10-8-12)16(17)13(2)18-11-14-5-3-4-6-14/h7-10,13-14,16-17H,3-6,11H2,1-2H3. The van der Waals surface area contributed by atoms with E-state index in [1.54, 1.807) is 0 Å². The molecule has 2 atom stereocenters. The van der Waals surface area contributed by atoms with Gasteiger partial charge in [0, 0.05) is 6.61 Å². The molecule has 2 nitrogen and oxygen atoms in total. The molecule has 1 fully saturated rings. The first-order valence-corrected chi connectivity index (χ1v) is 7.03. The van der Waals surface area contributed by atoms with E-state index in [2.05, 4.69) is 6.92 Å². The van der Waals surface area contributed by atoms with Crippen LogP contribution in [0, 0.1) is 12.8 Å². The first kappa shape index (κ1) is 13.6. The Balaban J connectivity index is 1.83. The lowest BCUT2D eigenvalue weighted by Gasteiger charge is -2.21. The fourth-order valence-corrected chi connectivity index (χ4v) is 2.59. The van der Waals surface area contributed by atoms with Crippen LogP contribution in [-0.4, -0.2) is 17.8 Å². The van der Waals surface area contributed by atoms with Gasteiger partial charge in [-0.3, -0.25) is 0 Å². The SMILES string of the molecule is Cc1ccc(C(O)C(C)OCC2CCCC2)cc1. The van der Waals surface area contributed by atoms with Crippen LogP contribution in [0.2, 0.25) is 0 Å². The summed E-state index contributed by atoms with van der Waals surface area (Å²) in [5, 5.41) is 10.2. The van der Waals surface area contributed by atoms with Crippen LogP contribution in [0.4, 0.5) is 0 Å². The second kappa shape index (κ2) is 6.35. The molecule has 0 aliphatic heterocycles. The first-order chi connectivity index (χ1) is 8.66. The van der Waals surface area contributed by atoms with Crippen molar-refractivity contribution < 1.29 is 9.84 Å². The maximum Gasteiger partial charge on any atom is 0.105 e. The number of hydrogen-bond acceptors (Lipinski definition) is 2. The van der Waals surface area contributed by atoms with Gasteiger partial charge in [-0.25, -0.2) is 0 Å². The second-order valence-electron chi connectivity index (χ2n) is 5.54. The monoisotopic (exact) mass is 248 g/mol. The first-order valence-electron chi connectivity index (χ1n) is 7.03. The average molecular weight is 248 g/mol. The van der Waals surface area contributed by atoms with Crippen molar-refractivity contribution in [3.8, 4) is 0 Å². The van der Waals surface area contributed by atoms with E-state index in [0.717, 1.165) is 12.2 Å². The van der Waals surface area contributed by atoms with E-state index in [1.807, 2.05) is 31.2 Å². The Bertz CT molecular complexity index is 352. The minimum atomic E-state index is -0.521. The lowest BCUT2D eigenvalue weighted by atomic mass is 10.0. The molecule has 2 unspecified atom stereocenters. The molecule has 0 saturated heterocycles. The molecule has 1 aromatic carbocycles. The number of aliphatic hydroxyl groups is 1. The van der Waals surface area contributed by atoms with Crippen LogP contribution in [0.15, 0.2) is 24.3 Å². The summed E-state index contributed by atoms with van der Waals surface area (Å²) in [5.41, 5.74) is 2.16. The summed E-state index contributed by atoms with van der Waals surface area (Å²) >= 11 is 0. The normalized spacial score (nSPS) is 19.9. The topological polar surface area (TPSA) is 29.5 Å². The van der Waals surface area contributed by atoms with Crippen LogP contribution in [-0.2, 0) is 4.74 Å². The molecular weight excluding hydrogens is 224 g/mol. The summed E-state index contributed by atoms with van der Waals surface area (Å²) in [6, 6.07) is 8.02. The van der Waals surface area contributed by atoms with Crippen LogP contribution in [0.3, 0.4) is 0 Å². The van der Waals surface area contributed by atoms with E-state index in [4.69, 9.17) is 4.74 Å². The molecule has 1 N–H and O–H groups in total. The van der Waals surface area contributed by atoms with Gasteiger partial charge in [-0.05, 0) is 38.2 Å². The van der Waals surface area contributed by atoms with Crippen LogP contribution in [0.5, 0.6) is 0 Å². The molecule has 1 saturated carbocycles. The van der Waals surface area contributed by atoms with Crippen LogP contribution >= 0.6 is 0 Å². The number of ether oxygens (including phenoxy) is 1. The van der Waals surface area contributed by atoms with Crippen molar-refractivity contribution in [3.63, 3.8) is 0 Å². The largest absolute Gasteiger partial charge is 0.386 e. The van der Waals surface area contributed by atoms with Gasteiger partial charge < -0.3 is 9.84 Å². The average Bonchev–Trinajstić information content (AvgIpc) is 2.89. The Morgan fingerprint density at radius 1 is 1.22 bits per heavy atom. The lowest BCUT2D eigenvalue weighted by Crippen LogP contribution is -2.21. The summed E-state index contributed by atoms with van der Waals surface area (Å²) < 4.78 is 5.82. The maximum atomic E-state index is 10.2. The van der Waals surface area contributed by atoms with Crippen molar-refractivity contribution in [2.24, 2.45) is 5.92 Å². The van der Waals surface area contributed by atoms with Crippen molar-refractivity contribution in [1.29, 1.82) is 0 Å². The van der Waals surface area contributed by atoms with E-state index < -0.39 is 6.10 Å². The molecule has 1 aromatic rings. The van der Waals surface area contributed by atoms with Crippen molar-refractivity contribution in [2.45, 2.75) is 51.7 Å². The number of benzene rings is 1. The Morgan fingerprint density at radius 2 is 1.83 bits per heavy atom. The van der Waals surface area contributed by atoms with Gasteiger partial charge in [0.05, 0.1) is 6.10 Å². The fourth-order valence-electron chi connectivity index (χ4n) is 2.59. The summed E-state index contributed by atoms with van der Waals surface area (Å²) in [7, 11) is 0. The zero-order chi connectivity index (χ0) is 13.0. The number of hydrogen-bond donors (Lipinski definition) is 1. The molecule has 0 amide bonds. The molecule has 2 rings (SSSR count). The molecule has 18 heavy (non-hydrogen) atoms. The Hall–Kier alpha value is -0.860. The third-order valence-corrected chi connectivity index (χ3v) is 3.93. The predicted octanol–water partition coefficient (Wildman–Crippen LogP) is 3.62. The van der Waals surface area contributed by atoms with Crippen molar-refractivity contribution in [2.75, 3.05) is 6.61 Å².